The lowest BCUT2D eigenvalue weighted by Crippen LogP contribution is -2.33. The number of aliphatic imine (C=N–C) groups is 1. The number of nitrogens with two attached hydrogens (primary N) is 1. The standard InChI is InChI=1S/C17H23BrFN7O4S/c18-13-9-12(5-6-14(13)19)23-16(24-27)15-17(26-30-25-15)22-11-3-1-10(2-4-11)7-8-21-31(20,28)29/h5-6,9-11,21,27H,1-4,7-8H2,(H,22,26)(H,23,24)(H2,20,28,29). The van der Waals surface area contributed by atoms with Gasteiger partial charge in [-0.2, -0.15) is 8.42 Å². The molecule has 1 fully saturated rings. The fraction of sp³-hybridized carbons (Fsp3) is 0.471. The molecular weight excluding hydrogens is 497 g/mol. The van der Waals surface area contributed by atoms with Crippen molar-refractivity contribution in [3.05, 3.63) is 34.2 Å². The minimum atomic E-state index is -3.66. The number of nitrogens with one attached hydrogen (secondary N) is 3. The van der Waals surface area contributed by atoms with E-state index in [0.29, 0.717) is 24.0 Å². The third-order valence-corrected chi connectivity index (χ3v) is 6.22. The normalized spacial score (nSPS) is 19.9. The number of hydrogen-bond acceptors (Lipinski definition) is 8. The fourth-order valence-electron chi connectivity index (χ4n) is 3.45. The van der Waals surface area contributed by atoms with Crippen LogP contribution in [0.15, 0.2) is 32.3 Å². The lowest BCUT2D eigenvalue weighted by molar-refractivity contribution is 0.234. The molecule has 0 saturated heterocycles. The maximum absolute atomic E-state index is 13.4. The number of hydrogen-bond donors (Lipinski definition) is 5. The minimum Gasteiger partial charge on any atom is -0.363 e. The zero-order chi connectivity index (χ0) is 22.4. The Kier molecular flexibility index (Phi) is 7.94. The summed E-state index contributed by atoms with van der Waals surface area (Å²) >= 11 is 3.09. The van der Waals surface area contributed by atoms with Crippen molar-refractivity contribution < 1.29 is 22.6 Å². The molecule has 1 heterocycles. The number of hydroxylamine groups is 1. The zero-order valence-corrected chi connectivity index (χ0v) is 18.8. The first-order valence-electron chi connectivity index (χ1n) is 9.56. The topological polar surface area (TPSA) is 168 Å². The molecule has 0 atom stereocenters. The molecule has 1 aliphatic carbocycles. The third kappa shape index (κ3) is 6.93. The number of halogens is 2. The smallest absolute Gasteiger partial charge is 0.274 e. The van der Waals surface area contributed by atoms with Gasteiger partial charge in [-0.15, -0.1) is 0 Å². The van der Waals surface area contributed by atoms with Crippen LogP contribution in [0.25, 0.3) is 0 Å². The van der Waals surface area contributed by atoms with Crippen molar-refractivity contribution in [3.63, 3.8) is 0 Å². The summed E-state index contributed by atoms with van der Waals surface area (Å²) in [5, 5.41) is 25.4. The van der Waals surface area contributed by atoms with E-state index in [2.05, 4.69) is 41.3 Å². The summed E-state index contributed by atoms with van der Waals surface area (Å²) in [6, 6.07) is 4.26. The molecule has 11 nitrogen and oxygen atoms in total. The van der Waals surface area contributed by atoms with Crippen LogP contribution in [0.1, 0.15) is 37.8 Å². The predicted octanol–water partition coefficient (Wildman–Crippen LogP) is 2.18. The van der Waals surface area contributed by atoms with Gasteiger partial charge in [-0.25, -0.2) is 23.9 Å². The molecule has 1 aliphatic rings. The molecule has 3 rings (SSSR count). The largest absolute Gasteiger partial charge is 0.363 e. The van der Waals surface area contributed by atoms with Crippen LogP contribution in [0.3, 0.4) is 0 Å². The SMILES string of the molecule is NS(=O)(=O)NCCC1CCC(Nc2nonc2/C(=N\c2ccc(F)c(Br)c2)NO)CC1. The molecule has 1 aromatic carbocycles. The monoisotopic (exact) mass is 519 g/mol. The molecule has 170 valence electrons. The number of anilines is 1. The Morgan fingerprint density at radius 2 is 2.06 bits per heavy atom. The van der Waals surface area contributed by atoms with Crippen LogP contribution in [0.4, 0.5) is 15.9 Å². The molecule has 6 N–H and O–H groups in total. The molecule has 0 bridgehead atoms. The molecule has 2 aromatic rings. The fourth-order valence-corrected chi connectivity index (χ4v) is 4.22. The van der Waals surface area contributed by atoms with Crippen molar-refractivity contribution in [2.45, 2.75) is 38.1 Å². The van der Waals surface area contributed by atoms with E-state index in [-0.39, 0.29) is 22.0 Å². The first-order chi connectivity index (χ1) is 14.7. The maximum Gasteiger partial charge on any atom is 0.274 e. The average Bonchev–Trinajstić information content (AvgIpc) is 3.17. The second-order valence-electron chi connectivity index (χ2n) is 7.22. The number of amidine groups is 1. The molecule has 0 unspecified atom stereocenters. The van der Waals surface area contributed by atoms with E-state index in [0.717, 1.165) is 32.1 Å². The number of rotatable bonds is 8. The quantitative estimate of drug-likeness (QED) is 0.201. The molecule has 1 aromatic heterocycles. The summed E-state index contributed by atoms with van der Waals surface area (Å²) in [6.45, 7) is 0.320. The van der Waals surface area contributed by atoms with Gasteiger partial charge in [0.15, 0.2) is 11.5 Å². The van der Waals surface area contributed by atoms with Gasteiger partial charge in [0.25, 0.3) is 10.2 Å². The van der Waals surface area contributed by atoms with E-state index < -0.39 is 16.0 Å². The number of aromatic nitrogens is 2. The van der Waals surface area contributed by atoms with Crippen LogP contribution < -0.4 is 20.7 Å². The predicted molar refractivity (Wildman–Crippen MR) is 115 cm³/mol. The second-order valence-corrected chi connectivity index (χ2v) is 9.46. The van der Waals surface area contributed by atoms with Gasteiger partial charge in [-0.05, 0) is 82.5 Å². The first-order valence-corrected chi connectivity index (χ1v) is 11.9. The van der Waals surface area contributed by atoms with Crippen molar-refractivity contribution in [2.75, 3.05) is 11.9 Å². The van der Waals surface area contributed by atoms with E-state index in [4.69, 9.17) is 9.77 Å². The highest BCUT2D eigenvalue weighted by Gasteiger charge is 2.24. The average molecular weight is 520 g/mol. The number of nitrogens with zero attached hydrogens (tertiary/aromatic N) is 3. The Balaban J connectivity index is 1.60. The summed E-state index contributed by atoms with van der Waals surface area (Å²) in [4.78, 5) is 4.23. The van der Waals surface area contributed by atoms with Gasteiger partial charge in [0.2, 0.25) is 5.82 Å². The molecule has 0 aliphatic heterocycles. The Labute approximate surface area is 186 Å². The molecule has 31 heavy (non-hydrogen) atoms. The summed E-state index contributed by atoms with van der Waals surface area (Å²) in [5.41, 5.74) is 2.54. The highest BCUT2D eigenvalue weighted by atomic mass is 79.9. The van der Waals surface area contributed by atoms with E-state index in [1.807, 2.05) is 5.48 Å². The van der Waals surface area contributed by atoms with E-state index in [9.17, 15) is 18.0 Å². The Bertz CT molecular complexity index is 1030. The van der Waals surface area contributed by atoms with E-state index >= 15 is 0 Å². The van der Waals surface area contributed by atoms with Crippen LogP contribution in [-0.2, 0) is 10.2 Å². The number of benzene rings is 1. The first kappa shape index (κ1) is 23.5. The van der Waals surface area contributed by atoms with E-state index in [1.165, 1.54) is 18.2 Å². The Morgan fingerprint density at radius 3 is 2.71 bits per heavy atom. The third-order valence-electron chi connectivity index (χ3n) is 5.01. The van der Waals surface area contributed by atoms with Crippen LogP contribution in [0, 0.1) is 11.7 Å². The Hall–Kier alpha value is -2.13. The molecule has 14 heteroatoms. The second kappa shape index (κ2) is 10.5. The van der Waals surface area contributed by atoms with Crippen molar-refractivity contribution in [3.8, 4) is 0 Å². The van der Waals surface area contributed by atoms with Crippen molar-refractivity contribution in [1.82, 2.24) is 20.5 Å². The summed E-state index contributed by atoms with van der Waals surface area (Å²) in [6.07, 6.45) is 4.23. The molecule has 1 saturated carbocycles. The minimum absolute atomic E-state index is 0.00925. The molecule has 0 amide bonds. The lowest BCUT2D eigenvalue weighted by atomic mass is 9.84. The Morgan fingerprint density at radius 1 is 1.32 bits per heavy atom. The molecular formula is C17H23BrFN7O4S. The lowest BCUT2D eigenvalue weighted by Gasteiger charge is -2.29. The van der Waals surface area contributed by atoms with Gasteiger partial charge >= 0.3 is 0 Å². The van der Waals surface area contributed by atoms with Crippen molar-refractivity contribution in [2.24, 2.45) is 16.0 Å². The van der Waals surface area contributed by atoms with Gasteiger partial charge in [0.1, 0.15) is 5.82 Å². The van der Waals surface area contributed by atoms with Crippen molar-refractivity contribution in [1.29, 1.82) is 0 Å². The highest BCUT2D eigenvalue weighted by molar-refractivity contribution is 9.10. The van der Waals surface area contributed by atoms with Gasteiger partial charge in [0, 0.05) is 12.6 Å². The summed E-state index contributed by atoms with van der Waals surface area (Å²) < 4.78 is 42.7. The van der Waals surface area contributed by atoms with Crippen LogP contribution in [-0.4, -0.2) is 42.4 Å². The van der Waals surface area contributed by atoms with E-state index in [1.54, 1.807) is 0 Å². The van der Waals surface area contributed by atoms with Gasteiger partial charge in [0.05, 0.1) is 10.2 Å². The zero-order valence-electron chi connectivity index (χ0n) is 16.4. The van der Waals surface area contributed by atoms with Crippen LogP contribution in [0.2, 0.25) is 0 Å². The van der Waals surface area contributed by atoms with Gasteiger partial charge in [-0.3, -0.25) is 10.7 Å². The highest BCUT2D eigenvalue weighted by Crippen LogP contribution is 2.29. The van der Waals surface area contributed by atoms with Crippen LogP contribution >= 0.6 is 15.9 Å². The van der Waals surface area contributed by atoms with Gasteiger partial charge in [-0.1, -0.05) is 0 Å². The molecule has 0 spiro atoms. The van der Waals surface area contributed by atoms with Crippen molar-refractivity contribution >= 4 is 43.5 Å². The summed E-state index contributed by atoms with van der Waals surface area (Å²) in [5.74, 6) is 0.278. The maximum atomic E-state index is 13.4. The summed E-state index contributed by atoms with van der Waals surface area (Å²) in [7, 11) is -3.66. The van der Waals surface area contributed by atoms with Crippen LogP contribution in [0.5, 0.6) is 0 Å². The molecule has 0 radical (unpaired) electrons. The van der Waals surface area contributed by atoms with Gasteiger partial charge < -0.3 is 5.32 Å².